The number of rotatable bonds is 6. The van der Waals surface area contributed by atoms with E-state index in [4.69, 9.17) is 5.73 Å². The fraction of sp³-hybridized carbons (Fsp3) is 0.455. The predicted molar refractivity (Wildman–Crippen MR) is 81.3 cm³/mol. The second-order valence-corrected chi connectivity index (χ2v) is 7.37. The van der Waals surface area contributed by atoms with Gasteiger partial charge in [-0.25, -0.2) is 13.1 Å². The van der Waals surface area contributed by atoms with E-state index in [0.29, 0.717) is 0 Å². The summed E-state index contributed by atoms with van der Waals surface area (Å²) >= 11 is 4.86. The van der Waals surface area contributed by atoms with Gasteiger partial charge in [0.05, 0.1) is 5.69 Å². The first kappa shape index (κ1) is 15.8. The van der Waals surface area contributed by atoms with Crippen molar-refractivity contribution in [1.29, 1.82) is 0 Å². The van der Waals surface area contributed by atoms with Gasteiger partial charge in [0.25, 0.3) is 0 Å². The number of nitrogen functional groups attached to an aromatic ring is 1. The summed E-state index contributed by atoms with van der Waals surface area (Å²) in [7, 11) is -3.55. The molecule has 18 heavy (non-hydrogen) atoms. The minimum atomic E-state index is -3.55. The number of halogens is 1. The van der Waals surface area contributed by atoms with E-state index in [0.717, 1.165) is 16.6 Å². The fourth-order valence-corrected chi connectivity index (χ4v) is 4.12. The van der Waals surface area contributed by atoms with Crippen LogP contribution in [0.3, 0.4) is 0 Å². The van der Waals surface area contributed by atoms with Crippen molar-refractivity contribution in [3.05, 3.63) is 22.7 Å². The van der Waals surface area contributed by atoms with Crippen LogP contribution < -0.4 is 10.5 Å². The van der Waals surface area contributed by atoms with Crippen LogP contribution in [0.2, 0.25) is 0 Å². The van der Waals surface area contributed by atoms with Gasteiger partial charge in [-0.1, -0.05) is 22.9 Å². The van der Waals surface area contributed by atoms with E-state index < -0.39 is 10.0 Å². The van der Waals surface area contributed by atoms with Gasteiger partial charge >= 0.3 is 0 Å². The lowest BCUT2D eigenvalue weighted by Gasteiger charge is -2.16. The summed E-state index contributed by atoms with van der Waals surface area (Å²) < 4.78 is 27.8. The number of sulfonamides is 1. The first-order chi connectivity index (χ1) is 8.40. The van der Waals surface area contributed by atoms with Crippen molar-refractivity contribution in [2.45, 2.75) is 24.3 Å². The van der Waals surface area contributed by atoms with Crippen LogP contribution in [-0.2, 0) is 10.0 Å². The summed E-state index contributed by atoms with van der Waals surface area (Å²) in [5.41, 5.74) is 5.99. The Bertz CT molecular complexity index is 506. The Morgan fingerprint density at radius 3 is 2.67 bits per heavy atom. The quantitative estimate of drug-likeness (QED) is 0.771. The Morgan fingerprint density at radius 2 is 2.17 bits per heavy atom. The summed E-state index contributed by atoms with van der Waals surface area (Å²) in [5, 5.41) is 0. The zero-order valence-corrected chi connectivity index (χ0v) is 13.5. The molecule has 7 heteroatoms. The van der Waals surface area contributed by atoms with Crippen LogP contribution in [-0.4, -0.2) is 26.5 Å². The molecular formula is C11H17BrN2O2S2. The first-order valence-electron chi connectivity index (χ1n) is 5.47. The molecule has 3 N–H and O–H groups in total. The van der Waals surface area contributed by atoms with Crippen LogP contribution in [0, 0.1) is 0 Å². The van der Waals surface area contributed by atoms with Crippen LogP contribution in [0.4, 0.5) is 5.69 Å². The Hall–Kier alpha value is -0.240. The summed E-state index contributed by atoms with van der Waals surface area (Å²) in [6.45, 7) is 1.95. The monoisotopic (exact) mass is 352 g/mol. The fourth-order valence-electron chi connectivity index (χ4n) is 1.48. The second kappa shape index (κ2) is 6.79. The van der Waals surface area contributed by atoms with Crippen LogP contribution in [0.1, 0.15) is 13.3 Å². The van der Waals surface area contributed by atoms with E-state index in [2.05, 4.69) is 20.7 Å². The normalized spacial score (nSPS) is 13.5. The van der Waals surface area contributed by atoms with Crippen molar-refractivity contribution in [2.24, 2.45) is 0 Å². The summed E-state index contributed by atoms with van der Waals surface area (Å²) in [6.07, 6.45) is 2.70. The number of nitrogens with one attached hydrogen (secondary N) is 1. The largest absolute Gasteiger partial charge is 0.398 e. The molecule has 0 heterocycles. The highest BCUT2D eigenvalue weighted by Gasteiger charge is 2.21. The number of hydrogen-bond acceptors (Lipinski definition) is 4. The average Bonchev–Trinajstić information content (AvgIpc) is 2.27. The molecule has 0 bridgehead atoms. The van der Waals surface area contributed by atoms with E-state index >= 15 is 0 Å². The van der Waals surface area contributed by atoms with Gasteiger partial charge in [0, 0.05) is 16.3 Å². The maximum absolute atomic E-state index is 12.2. The Morgan fingerprint density at radius 1 is 1.50 bits per heavy atom. The Kier molecular flexibility index (Phi) is 5.97. The molecule has 1 atom stereocenters. The molecule has 102 valence electrons. The lowest BCUT2D eigenvalue weighted by Crippen LogP contribution is -2.36. The highest BCUT2D eigenvalue weighted by atomic mass is 79.9. The molecule has 1 rings (SSSR count). The zero-order valence-electron chi connectivity index (χ0n) is 10.3. The summed E-state index contributed by atoms with van der Waals surface area (Å²) in [4.78, 5) is 0.130. The molecule has 0 fully saturated rings. The van der Waals surface area contributed by atoms with Gasteiger partial charge in [-0.15, -0.1) is 0 Å². The number of benzene rings is 1. The van der Waals surface area contributed by atoms with Gasteiger partial charge in [0.15, 0.2) is 0 Å². The molecule has 1 unspecified atom stereocenters. The van der Waals surface area contributed by atoms with Crippen LogP contribution in [0.5, 0.6) is 0 Å². The number of nitrogens with two attached hydrogens (primary N) is 1. The van der Waals surface area contributed by atoms with Crippen LogP contribution in [0.25, 0.3) is 0 Å². The molecule has 1 aromatic carbocycles. The molecular weight excluding hydrogens is 336 g/mol. The van der Waals surface area contributed by atoms with Crippen molar-refractivity contribution >= 4 is 43.4 Å². The molecule has 0 aliphatic carbocycles. The Labute approximate surface area is 121 Å². The SMILES string of the molecule is CCC(CSC)NS(=O)(=O)c1ccc(Br)cc1N. The van der Waals surface area contributed by atoms with Gasteiger partial charge in [-0.3, -0.25) is 0 Å². The van der Waals surface area contributed by atoms with E-state index in [1.165, 1.54) is 6.07 Å². The van der Waals surface area contributed by atoms with Crippen molar-refractivity contribution < 1.29 is 8.42 Å². The summed E-state index contributed by atoms with van der Waals surface area (Å²) in [5.74, 6) is 0.742. The molecule has 0 aliphatic rings. The van der Waals surface area contributed by atoms with Crippen LogP contribution >= 0.6 is 27.7 Å². The molecule has 0 aromatic heterocycles. The standard InChI is InChI=1S/C11H17BrN2O2S2/c1-3-9(7-17-2)14-18(15,16)11-5-4-8(12)6-10(11)13/h4-6,9,14H,3,7,13H2,1-2H3. The lowest BCUT2D eigenvalue weighted by atomic mass is 10.3. The average molecular weight is 353 g/mol. The molecule has 0 saturated heterocycles. The van der Waals surface area contributed by atoms with Crippen molar-refractivity contribution in [1.82, 2.24) is 4.72 Å². The molecule has 0 radical (unpaired) electrons. The van der Waals surface area contributed by atoms with E-state index in [1.54, 1.807) is 23.9 Å². The van der Waals surface area contributed by atoms with Crippen molar-refractivity contribution in [3.8, 4) is 0 Å². The van der Waals surface area contributed by atoms with Crippen molar-refractivity contribution in [2.75, 3.05) is 17.7 Å². The third-order valence-corrected chi connectivity index (χ3v) is 5.27. The number of anilines is 1. The predicted octanol–water partition coefficient (Wildman–Crippen LogP) is 2.45. The van der Waals surface area contributed by atoms with E-state index in [1.807, 2.05) is 13.2 Å². The minimum Gasteiger partial charge on any atom is -0.398 e. The van der Waals surface area contributed by atoms with Crippen LogP contribution in [0.15, 0.2) is 27.6 Å². The third kappa shape index (κ3) is 4.15. The topological polar surface area (TPSA) is 72.2 Å². The van der Waals surface area contributed by atoms with Gasteiger partial charge in [0.2, 0.25) is 10.0 Å². The van der Waals surface area contributed by atoms with Gasteiger partial charge in [-0.2, -0.15) is 11.8 Å². The number of hydrogen-bond donors (Lipinski definition) is 2. The first-order valence-corrected chi connectivity index (χ1v) is 9.14. The lowest BCUT2D eigenvalue weighted by molar-refractivity contribution is 0.558. The van der Waals surface area contributed by atoms with E-state index in [-0.39, 0.29) is 16.6 Å². The van der Waals surface area contributed by atoms with Gasteiger partial charge in [0.1, 0.15) is 4.90 Å². The maximum atomic E-state index is 12.2. The molecule has 0 amide bonds. The molecule has 0 saturated carbocycles. The summed E-state index contributed by atoms with van der Waals surface area (Å²) in [6, 6.07) is 4.69. The second-order valence-electron chi connectivity index (χ2n) is 3.86. The smallest absolute Gasteiger partial charge is 0.242 e. The highest BCUT2D eigenvalue weighted by molar-refractivity contribution is 9.10. The van der Waals surface area contributed by atoms with E-state index in [9.17, 15) is 8.42 Å². The maximum Gasteiger partial charge on any atom is 0.242 e. The van der Waals surface area contributed by atoms with Gasteiger partial charge < -0.3 is 5.73 Å². The van der Waals surface area contributed by atoms with Crippen molar-refractivity contribution in [3.63, 3.8) is 0 Å². The third-order valence-electron chi connectivity index (χ3n) is 2.44. The zero-order chi connectivity index (χ0) is 13.8. The molecule has 1 aromatic rings. The Balaban J connectivity index is 2.99. The molecule has 0 spiro atoms. The molecule has 0 aliphatic heterocycles. The highest BCUT2D eigenvalue weighted by Crippen LogP contribution is 2.23. The van der Waals surface area contributed by atoms with Gasteiger partial charge in [-0.05, 0) is 30.9 Å². The number of thioether (sulfide) groups is 1. The minimum absolute atomic E-state index is 0.0759. The molecule has 4 nitrogen and oxygen atoms in total.